The van der Waals surface area contributed by atoms with E-state index in [0.29, 0.717) is 5.02 Å². The molecule has 0 saturated heterocycles. The van der Waals surface area contributed by atoms with Crippen molar-refractivity contribution < 1.29 is 0 Å². The summed E-state index contributed by atoms with van der Waals surface area (Å²) < 4.78 is 0. The van der Waals surface area contributed by atoms with Gasteiger partial charge in [-0.1, -0.05) is 11.6 Å². The highest BCUT2D eigenvalue weighted by Gasteiger charge is 2.05. The van der Waals surface area contributed by atoms with Crippen molar-refractivity contribution in [3.05, 3.63) is 34.5 Å². The van der Waals surface area contributed by atoms with Crippen molar-refractivity contribution in [3.8, 4) is 0 Å². The minimum atomic E-state index is 0.688. The molecule has 1 aromatic heterocycles. The van der Waals surface area contributed by atoms with Gasteiger partial charge in [-0.15, -0.1) is 0 Å². The first-order chi connectivity index (χ1) is 6.59. The fourth-order valence-corrected chi connectivity index (χ4v) is 1.65. The van der Waals surface area contributed by atoms with Crippen LogP contribution >= 0.6 is 11.6 Å². The molecule has 14 heavy (non-hydrogen) atoms. The van der Waals surface area contributed by atoms with Crippen molar-refractivity contribution in [1.82, 2.24) is 4.98 Å². The van der Waals surface area contributed by atoms with Crippen LogP contribution in [-0.2, 0) is 0 Å². The number of hydrogen-bond acceptors (Lipinski definition) is 2. The van der Waals surface area contributed by atoms with Gasteiger partial charge in [-0.3, -0.25) is 4.98 Å². The molecule has 2 nitrogen and oxygen atoms in total. The van der Waals surface area contributed by atoms with Crippen LogP contribution in [-0.4, -0.2) is 4.98 Å². The zero-order valence-electron chi connectivity index (χ0n) is 8.13. The summed E-state index contributed by atoms with van der Waals surface area (Å²) in [5, 5.41) is 1.66. The van der Waals surface area contributed by atoms with Gasteiger partial charge in [-0.2, -0.15) is 0 Å². The van der Waals surface area contributed by atoms with E-state index in [9.17, 15) is 0 Å². The molecule has 1 aromatic carbocycles. The van der Waals surface area contributed by atoms with E-state index in [0.717, 1.165) is 27.8 Å². The number of nitrogens with zero attached hydrogens (tertiary/aromatic N) is 1. The molecule has 2 rings (SSSR count). The van der Waals surface area contributed by atoms with E-state index < -0.39 is 0 Å². The number of aryl methyl sites for hydroxylation is 1. The van der Waals surface area contributed by atoms with Gasteiger partial charge in [0.2, 0.25) is 0 Å². The van der Waals surface area contributed by atoms with Gasteiger partial charge in [0.05, 0.1) is 5.52 Å². The molecule has 0 saturated carbocycles. The Morgan fingerprint density at radius 1 is 1.29 bits per heavy atom. The molecule has 0 atom stereocenters. The standard InChI is InChI=1S/C11H11ClN2/c1-6-7(2)14-10-5-8(12)3-4-9(10)11(6)13/h3-5H,1-2H3,(H2,13,14). The molecule has 0 amide bonds. The number of halogens is 1. The van der Waals surface area contributed by atoms with Gasteiger partial charge in [0, 0.05) is 21.8 Å². The van der Waals surface area contributed by atoms with E-state index in [2.05, 4.69) is 4.98 Å². The van der Waals surface area contributed by atoms with Crippen LogP contribution in [0.4, 0.5) is 5.69 Å². The lowest BCUT2D eigenvalue weighted by molar-refractivity contribution is 1.20. The Labute approximate surface area is 87.7 Å². The SMILES string of the molecule is Cc1nc2cc(Cl)ccc2c(N)c1C. The van der Waals surface area contributed by atoms with Gasteiger partial charge < -0.3 is 5.73 Å². The second kappa shape index (κ2) is 3.14. The molecule has 0 bridgehead atoms. The number of rotatable bonds is 0. The summed E-state index contributed by atoms with van der Waals surface area (Å²) in [5.74, 6) is 0. The summed E-state index contributed by atoms with van der Waals surface area (Å²) in [6, 6.07) is 5.57. The third-order valence-electron chi connectivity index (χ3n) is 2.48. The summed E-state index contributed by atoms with van der Waals surface area (Å²) in [5.41, 5.74) is 9.64. The number of aromatic nitrogens is 1. The lowest BCUT2D eigenvalue weighted by atomic mass is 10.1. The first-order valence-corrected chi connectivity index (χ1v) is 4.79. The number of hydrogen-bond donors (Lipinski definition) is 1. The fourth-order valence-electron chi connectivity index (χ4n) is 1.49. The van der Waals surface area contributed by atoms with Crippen molar-refractivity contribution >= 4 is 28.2 Å². The molecular formula is C11H11ClN2. The Bertz CT molecular complexity index is 506. The van der Waals surface area contributed by atoms with Crippen LogP contribution < -0.4 is 5.73 Å². The van der Waals surface area contributed by atoms with E-state index >= 15 is 0 Å². The topological polar surface area (TPSA) is 38.9 Å². The van der Waals surface area contributed by atoms with Gasteiger partial charge in [-0.25, -0.2) is 0 Å². The molecule has 0 aliphatic carbocycles. The largest absolute Gasteiger partial charge is 0.398 e. The number of benzene rings is 1. The molecule has 0 aliphatic heterocycles. The average Bonchev–Trinajstić information content (AvgIpc) is 2.14. The number of fused-ring (bicyclic) bond motifs is 1. The fraction of sp³-hybridized carbons (Fsp3) is 0.182. The second-order valence-corrected chi connectivity index (χ2v) is 3.83. The highest BCUT2D eigenvalue weighted by atomic mass is 35.5. The zero-order chi connectivity index (χ0) is 10.3. The number of anilines is 1. The van der Waals surface area contributed by atoms with Crippen LogP contribution in [0, 0.1) is 13.8 Å². The Balaban J connectivity index is 2.91. The van der Waals surface area contributed by atoms with Gasteiger partial charge in [-0.05, 0) is 37.6 Å². The summed E-state index contributed by atoms with van der Waals surface area (Å²) in [7, 11) is 0. The normalized spacial score (nSPS) is 10.8. The maximum Gasteiger partial charge on any atom is 0.0740 e. The van der Waals surface area contributed by atoms with E-state index in [-0.39, 0.29) is 0 Å². The number of nitrogen functional groups attached to an aromatic ring is 1. The lowest BCUT2D eigenvalue weighted by Crippen LogP contribution is -1.97. The minimum Gasteiger partial charge on any atom is -0.398 e. The monoisotopic (exact) mass is 206 g/mol. The Hall–Kier alpha value is -1.28. The van der Waals surface area contributed by atoms with Crippen molar-refractivity contribution in [1.29, 1.82) is 0 Å². The first-order valence-electron chi connectivity index (χ1n) is 4.41. The molecule has 2 aromatic rings. The molecule has 0 fully saturated rings. The number of nitrogens with two attached hydrogens (primary N) is 1. The summed E-state index contributed by atoms with van der Waals surface area (Å²) >= 11 is 5.88. The maximum atomic E-state index is 5.99. The summed E-state index contributed by atoms with van der Waals surface area (Å²) in [6.45, 7) is 3.93. The molecule has 0 spiro atoms. The number of pyridine rings is 1. The molecule has 0 aliphatic rings. The van der Waals surface area contributed by atoms with Crippen LogP contribution in [0.2, 0.25) is 5.02 Å². The molecule has 3 heteroatoms. The molecule has 1 heterocycles. The Kier molecular flexibility index (Phi) is 2.08. The predicted octanol–water partition coefficient (Wildman–Crippen LogP) is 3.09. The van der Waals surface area contributed by atoms with Gasteiger partial charge >= 0.3 is 0 Å². The molecule has 2 N–H and O–H groups in total. The molecule has 72 valence electrons. The summed E-state index contributed by atoms with van der Waals surface area (Å²) in [6.07, 6.45) is 0. The molecule has 0 unspecified atom stereocenters. The predicted molar refractivity (Wildman–Crippen MR) is 60.6 cm³/mol. The van der Waals surface area contributed by atoms with Crippen molar-refractivity contribution in [2.45, 2.75) is 13.8 Å². The van der Waals surface area contributed by atoms with Crippen LogP contribution in [0.1, 0.15) is 11.3 Å². The van der Waals surface area contributed by atoms with Crippen molar-refractivity contribution in [2.75, 3.05) is 5.73 Å². The first kappa shape index (κ1) is 9.28. The van der Waals surface area contributed by atoms with Gasteiger partial charge in [0.25, 0.3) is 0 Å². The molecule has 0 radical (unpaired) electrons. The Morgan fingerprint density at radius 3 is 2.71 bits per heavy atom. The minimum absolute atomic E-state index is 0.688. The van der Waals surface area contributed by atoms with Gasteiger partial charge in [0.15, 0.2) is 0 Å². The van der Waals surface area contributed by atoms with Crippen LogP contribution in [0.5, 0.6) is 0 Å². The third kappa shape index (κ3) is 1.32. The summed E-state index contributed by atoms with van der Waals surface area (Å²) in [4.78, 5) is 4.43. The second-order valence-electron chi connectivity index (χ2n) is 3.40. The van der Waals surface area contributed by atoms with E-state index in [4.69, 9.17) is 17.3 Å². The van der Waals surface area contributed by atoms with Crippen molar-refractivity contribution in [3.63, 3.8) is 0 Å². The highest BCUT2D eigenvalue weighted by Crippen LogP contribution is 2.26. The van der Waals surface area contributed by atoms with E-state index in [1.165, 1.54) is 0 Å². The molecular weight excluding hydrogens is 196 g/mol. The van der Waals surface area contributed by atoms with Crippen LogP contribution in [0.25, 0.3) is 10.9 Å². The van der Waals surface area contributed by atoms with E-state index in [1.54, 1.807) is 0 Å². The van der Waals surface area contributed by atoms with Crippen molar-refractivity contribution in [2.24, 2.45) is 0 Å². The van der Waals surface area contributed by atoms with E-state index in [1.807, 2.05) is 32.0 Å². The quantitative estimate of drug-likeness (QED) is 0.720. The smallest absolute Gasteiger partial charge is 0.0740 e. The third-order valence-corrected chi connectivity index (χ3v) is 2.72. The average molecular weight is 207 g/mol. The van der Waals surface area contributed by atoms with Gasteiger partial charge in [0.1, 0.15) is 0 Å². The zero-order valence-corrected chi connectivity index (χ0v) is 8.89. The Morgan fingerprint density at radius 2 is 2.00 bits per heavy atom. The maximum absolute atomic E-state index is 5.99. The highest BCUT2D eigenvalue weighted by molar-refractivity contribution is 6.31. The van der Waals surface area contributed by atoms with Crippen LogP contribution in [0.15, 0.2) is 18.2 Å². The lowest BCUT2D eigenvalue weighted by Gasteiger charge is -2.08. The van der Waals surface area contributed by atoms with Crippen LogP contribution in [0.3, 0.4) is 0 Å².